The van der Waals surface area contributed by atoms with Crippen molar-refractivity contribution in [3.8, 4) is 34.3 Å². The highest BCUT2D eigenvalue weighted by Crippen LogP contribution is 2.42. The van der Waals surface area contributed by atoms with Crippen molar-refractivity contribution in [2.24, 2.45) is 0 Å². The summed E-state index contributed by atoms with van der Waals surface area (Å²) >= 11 is 0. The number of aliphatic hydroxyl groups is 10. The van der Waals surface area contributed by atoms with Crippen LogP contribution in [0.1, 0.15) is 26.3 Å². The lowest BCUT2D eigenvalue weighted by Gasteiger charge is -2.45. The zero-order valence-corrected chi connectivity index (χ0v) is 32.3. The maximum Gasteiger partial charge on any atom is 0.239 e. The van der Waals surface area contributed by atoms with Gasteiger partial charge in [-0.2, -0.15) is 0 Å². The van der Waals surface area contributed by atoms with Crippen molar-refractivity contribution in [1.82, 2.24) is 0 Å². The van der Waals surface area contributed by atoms with E-state index in [1.807, 2.05) is 0 Å². The van der Waals surface area contributed by atoms with Gasteiger partial charge < -0.3 is 93.7 Å². The largest absolute Gasteiger partial charge is 0.507 e. The van der Waals surface area contributed by atoms with Crippen molar-refractivity contribution in [2.75, 3.05) is 20.3 Å². The number of fused-ring (bicyclic) bond motifs is 1. The van der Waals surface area contributed by atoms with Crippen molar-refractivity contribution >= 4 is 11.0 Å². The number of aromatic hydroxyl groups is 1. The third-order valence-electron chi connectivity index (χ3n) is 10.5. The van der Waals surface area contributed by atoms with Gasteiger partial charge in [0, 0.05) is 17.2 Å². The average Bonchev–Trinajstić information content (AvgIpc) is 3.21. The lowest BCUT2D eigenvalue weighted by molar-refractivity contribution is -0.354. The molecule has 0 saturated carbocycles. The first-order valence-electron chi connectivity index (χ1n) is 18.8. The first kappa shape index (κ1) is 44.6. The molecule has 20 nitrogen and oxygen atoms in total. The lowest BCUT2D eigenvalue weighted by Crippen LogP contribution is -2.64. The molecular formula is C39H50O20. The van der Waals surface area contributed by atoms with Crippen LogP contribution >= 0.6 is 0 Å². The van der Waals surface area contributed by atoms with E-state index in [-0.39, 0.29) is 34.6 Å². The van der Waals surface area contributed by atoms with Crippen LogP contribution in [0, 0.1) is 0 Å². The van der Waals surface area contributed by atoms with Crippen LogP contribution in [-0.4, -0.2) is 169 Å². The third-order valence-corrected chi connectivity index (χ3v) is 10.5. The Hall–Kier alpha value is -3.97. The Morgan fingerprint density at radius 3 is 1.95 bits per heavy atom. The molecule has 3 saturated heterocycles. The predicted octanol–water partition coefficient (Wildman–Crippen LogP) is -2.11. The molecule has 0 aliphatic carbocycles. The summed E-state index contributed by atoms with van der Waals surface area (Å²) in [6.45, 7) is 3.37. The molecule has 0 radical (unpaired) electrons. The Labute approximate surface area is 336 Å². The molecule has 3 fully saturated rings. The molecule has 3 aliphatic rings. The van der Waals surface area contributed by atoms with Crippen LogP contribution in [0.15, 0.2) is 51.2 Å². The molecule has 4 heterocycles. The van der Waals surface area contributed by atoms with Gasteiger partial charge in [0.2, 0.25) is 23.8 Å². The van der Waals surface area contributed by atoms with Crippen LogP contribution in [0.5, 0.6) is 23.0 Å². The van der Waals surface area contributed by atoms with Gasteiger partial charge >= 0.3 is 0 Å². The number of phenols is 1. The number of ether oxygens (including phenoxy) is 7. The van der Waals surface area contributed by atoms with Gasteiger partial charge in [0.25, 0.3) is 0 Å². The normalized spacial score (nSPS) is 35.0. The molecule has 3 aromatic rings. The van der Waals surface area contributed by atoms with Crippen LogP contribution in [0.25, 0.3) is 22.3 Å². The van der Waals surface area contributed by atoms with Gasteiger partial charge in [0.15, 0.2) is 18.2 Å². The predicted molar refractivity (Wildman–Crippen MR) is 199 cm³/mol. The molecule has 0 unspecified atom stereocenters. The summed E-state index contributed by atoms with van der Waals surface area (Å²) in [5, 5.41) is 116. The van der Waals surface area contributed by atoms with Crippen LogP contribution < -0.4 is 19.6 Å². The molecule has 0 spiro atoms. The van der Waals surface area contributed by atoms with Crippen molar-refractivity contribution in [2.45, 2.75) is 119 Å². The average molecular weight is 839 g/mol. The molecule has 6 rings (SSSR count). The first-order chi connectivity index (χ1) is 28.0. The summed E-state index contributed by atoms with van der Waals surface area (Å²) in [4.78, 5) is 14.8. The molecule has 20 heteroatoms. The van der Waals surface area contributed by atoms with Crippen LogP contribution in [0.4, 0.5) is 0 Å². The van der Waals surface area contributed by atoms with Crippen molar-refractivity contribution in [3.63, 3.8) is 0 Å². The summed E-state index contributed by atoms with van der Waals surface area (Å²) in [5.41, 5.74) is -0.131. The molecule has 2 aromatic carbocycles. The second kappa shape index (κ2) is 18.3. The van der Waals surface area contributed by atoms with E-state index in [9.17, 15) is 61.0 Å². The zero-order chi connectivity index (χ0) is 43.0. The number of rotatable bonds is 12. The van der Waals surface area contributed by atoms with E-state index in [1.165, 1.54) is 38.3 Å². The van der Waals surface area contributed by atoms with E-state index < -0.39 is 128 Å². The Balaban J connectivity index is 1.51. The van der Waals surface area contributed by atoms with Crippen molar-refractivity contribution in [3.05, 3.63) is 57.8 Å². The minimum atomic E-state index is -1.94. The van der Waals surface area contributed by atoms with E-state index in [1.54, 1.807) is 19.9 Å². The van der Waals surface area contributed by atoms with Crippen LogP contribution in [-0.2, 0) is 25.4 Å². The molecule has 0 amide bonds. The van der Waals surface area contributed by atoms with E-state index >= 15 is 0 Å². The van der Waals surface area contributed by atoms with E-state index in [2.05, 4.69) is 0 Å². The quantitative estimate of drug-likeness (QED) is 0.0870. The van der Waals surface area contributed by atoms with Gasteiger partial charge in [0.1, 0.15) is 89.3 Å². The van der Waals surface area contributed by atoms with Crippen LogP contribution in [0.3, 0.4) is 0 Å². The Morgan fingerprint density at radius 1 is 0.746 bits per heavy atom. The molecule has 11 N–H and O–H groups in total. The summed E-state index contributed by atoms with van der Waals surface area (Å²) in [5.74, 6) is -1.44. The van der Waals surface area contributed by atoms with Gasteiger partial charge in [-0.25, -0.2) is 0 Å². The summed E-state index contributed by atoms with van der Waals surface area (Å²) < 4.78 is 46.6. The van der Waals surface area contributed by atoms with E-state index in [0.29, 0.717) is 5.75 Å². The zero-order valence-electron chi connectivity index (χ0n) is 32.3. The highest BCUT2D eigenvalue weighted by atomic mass is 16.8. The number of phenolic OH excluding ortho intramolecular Hbond substituents is 1. The van der Waals surface area contributed by atoms with E-state index in [4.69, 9.17) is 37.6 Å². The number of benzene rings is 2. The molecule has 0 bridgehead atoms. The second-order valence-electron chi connectivity index (χ2n) is 14.8. The van der Waals surface area contributed by atoms with Gasteiger partial charge in [-0.1, -0.05) is 11.6 Å². The van der Waals surface area contributed by atoms with Gasteiger partial charge in [-0.15, -0.1) is 0 Å². The molecular weight excluding hydrogens is 788 g/mol. The molecule has 3 aliphatic heterocycles. The maximum atomic E-state index is 14.8. The van der Waals surface area contributed by atoms with E-state index in [0.717, 1.165) is 11.6 Å². The van der Waals surface area contributed by atoms with Gasteiger partial charge in [-0.05, 0) is 51.5 Å². The maximum absolute atomic E-state index is 14.8. The first-order valence-corrected chi connectivity index (χ1v) is 18.8. The Kier molecular flexibility index (Phi) is 13.9. The fourth-order valence-electron chi connectivity index (χ4n) is 6.99. The minimum absolute atomic E-state index is 0.0103. The molecule has 326 valence electrons. The number of hydrogen-bond acceptors (Lipinski definition) is 20. The fourth-order valence-corrected chi connectivity index (χ4v) is 6.99. The van der Waals surface area contributed by atoms with Crippen molar-refractivity contribution < 1.29 is 93.7 Å². The summed E-state index contributed by atoms with van der Waals surface area (Å²) in [7, 11) is 1.43. The number of hydrogen-bond donors (Lipinski definition) is 11. The smallest absolute Gasteiger partial charge is 0.239 e. The monoisotopic (exact) mass is 838 g/mol. The Bertz CT molecular complexity index is 2000. The molecule has 59 heavy (non-hydrogen) atoms. The van der Waals surface area contributed by atoms with Crippen molar-refractivity contribution in [1.29, 1.82) is 0 Å². The number of methoxy groups -OCH3 is 1. The van der Waals surface area contributed by atoms with Crippen LogP contribution in [0.2, 0.25) is 0 Å². The van der Waals surface area contributed by atoms with Gasteiger partial charge in [0.05, 0.1) is 26.4 Å². The third kappa shape index (κ3) is 8.79. The summed E-state index contributed by atoms with van der Waals surface area (Å²) in [6.07, 6.45) is -23.6. The number of aliphatic hydroxyl groups excluding tert-OH is 10. The fraction of sp³-hybridized carbons (Fsp3) is 0.564. The standard InChI is InChI=1S/C39H50O20/c1-14(2)5-10-18-20(54-38-32(51)29(48)25(44)21(12-40)55-38)11-19(42)23-27(46)35(33(57-34(18)23)16-6-8-17(52-4)9-7-16)58-39-36(30(49)26(45)22(13-41)56-39)59-37-31(50)28(47)24(43)15(3)53-37/h5-9,11,15,21-22,24-26,28-32,36-45,47-51H,10,12-13H2,1-4H3/t15-,21-,22+,24-,25-,26+,28+,29+,30-,31-,32-,36-,37+,38-,39+/m1/s1. The lowest BCUT2D eigenvalue weighted by atomic mass is 9.97. The highest BCUT2D eigenvalue weighted by Gasteiger charge is 2.51. The Morgan fingerprint density at radius 2 is 1.34 bits per heavy atom. The highest BCUT2D eigenvalue weighted by molar-refractivity contribution is 5.91. The second-order valence-corrected chi connectivity index (χ2v) is 14.8. The molecule has 1 aromatic heterocycles. The summed E-state index contributed by atoms with van der Waals surface area (Å²) in [6, 6.07) is 7.11. The number of allylic oxidation sites excluding steroid dienone is 2. The van der Waals surface area contributed by atoms with Gasteiger partial charge in [-0.3, -0.25) is 4.79 Å². The molecule has 15 atom stereocenters. The minimum Gasteiger partial charge on any atom is -0.507 e. The SMILES string of the molecule is COc1ccc(-c2oc3c(CC=C(C)C)c(O[C@@H]4O[C@H](CO)[C@@H](O)[C@H](O)[C@H]4O)cc(O)c3c(=O)c2O[C@@H]2O[C@@H](CO)[C@H](O)[C@@H](O)[C@H]2O[C@@H]2O[C@H](C)[C@@H](O)[C@H](O)[C@H]2O)cc1. The topological polar surface area (TPSA) is 317 Å².